The number of methoxy groups -OCH3 is 1. The molecular formula is C23H27FN2O4. The first kappa shape index (κ1) is 21.8. The van der Waals surface area contributed by atoms with Crippen LogP contribution in [0, 0.1) is 5.82 Å². The van der Waals surface area contributed by atoms with Gasteiger partial charge in [-0.1, -0.05) is 36.4 Å². The van der Waals surface area contributed by atoms with Gasteiger partial charge in [0.05, 0.1) is 6.04 Å². The molecule has 2 aromatic carbocycles. The van der Waals surface area contributed by atoms with E-state index in [1.807, 2.05) is 24.3 Å². The van der Waals surface area contributed by atoms with Crippen molar-refractivity contribution in [3.8, 4) is 0 Å². The number of hydrogen-bond acceptors (Lipinski definition) is 4. The average molecular weight is 414 g/mol. The minimum Gasteiger partial charge on any atom is -0.444 e. The van der Waals surface area contributed by atoms with E-state index < -0.39 is 29.5 Å². The predicted molar refractivity (Wildman–Crippen MR) is 110 cm³/mol. The maximum atomic E-state index is 13.4. The van der Waals surface area contributed by atoms with Gasteiger partial charge in [0.2, 0.25) is 5.91 Å². The molecule has 0 aliphatic heterocycles. The first-order valence-corrected chi connectivity index (χ1v) is 9.84. The maximum Gasteiger partial charge on any atom is 0.408 e. The van der Waals surface area contributed by atoms with Gasteiger partial charge >= 0.3 is 6.09 Å². The third-order valence-electron chi connectivity index (χ3n) is 4.88. The van der Waals surface area contributed by atoms with E-state index in [1.54, 1.807) is 27.9 Å². The Morgan fingerprint density at radius 3 is 2.40 bits per heavy atom. The summed E-state index contributed by atoms with van der Waals surface area (Å²) in [6.07, 6.45) is -0.409. The molecule has 0 bridgehead atoms. The van der Waals surface area contributed by atoms with Crippen molar-refractivity contribution in [2.75, 3.05) is 7.11 Å². The van der Waals surface area contributed by atoms with Crippen LogP contribution in [-0.2, 0) is 20.7 Å². The maximum absolute atomic E-state index is 13.4. The molecule has 2 aromatic rings. The van der Waals surface area contributed by atoms with Crippen molar-refractivity contribution in [1.29, 1.82) is 0 Å². The molecule has 1 aliphatic rings. The summed E-state index contributed by atoms with van der Waals surface area (Å²) in [5, 5.41) is 5.58. The van der Waals surface area contributed by atoms with Crippen LogP contribution in [0.1, 0.15) is 49.6 Å². The molecule has 7 heteroatoms. The van der Waals surface area contributed by atoms with E-state index in [0.717, 1.165) is 11.1 Å². The molecular weight excluding hydrogens is 387 g/mol. The zero-order chi connectivity index (χ0) is 21.9. The van der Waals surface area contributed by atoms with Gasteiger partial charge in [-0.2, -0.15) is 0 Å². The van der Waals surface area contributed by atoms with Crippen LogP contribution >= 0.6 is 0 Å². The quantitative estimate of drug-likeness (QED) is 0.780. The number of halogens is 1. The Labute approximate surface area is 175 Å². The number of nitrogens with one attached hydrogen (secondary N) is 2. The van der Waals surface area contributed by atoms with Crippen LogP contribution in [0.5, 0.6) is 0 Å². The number of rotatable bonds is 5. The lowest BCUT2D eigenvalue weighted by Crippen LogP contribution is -2.47. The summed E-state index contributed by atoms with van der Waals surface area (Å²) in [6, 6.07) is 12.0. The van der Waals surface area contributed by atoms with Gasteiger partial charge in [-0.15, -0.1) is 0 Å². The number of hydrogen-bond donors (Lipinski definition) is 2. The van der Waals surface area contributed by atoms with E-state index in [2.05, 4.69) is 10.6 Å². The predicted octanol–water partition coefficient (Wildman–Crippen LogP) is 3.82. The molecule has 6 nitrogen and oxygen atoms in total. The molecule has 2 N–H and O–H groups in total. The number of amides is 2. The Bertz CT molecular complexity index is 908. The Morgan fingerprint density at radius 2 is 1.77 bits per heavy atom. The van der Waals surface area contributed by atoms with Crippen molar-refractivity contribution in [3.63, 3.8) is 0 Å². The third-order valence-corrected chi connectivity index (χ3v) is 4.88. The lowest BCUT2D eigenvalue weighted by atomic mass is 10.0. The number of benzene rings is 2. The Morgan fingerprint density at radius 1 is 1.10 bits per heavy atom. The molecule has 0 heterocycles. The van der Waals surface area contributed by atoms with E-state index in [1.165, 1.54) is 24.3 Å². The fraction of sp³-hybridized carbons (Fsp3) is 0.391. The molecule has 0 radical (unpaired) electrons. The van der Waals surface area contributed by atoms with Crippen LogP contribution < -0.4 is 10.6 Å². The number of fused-ring (bicyclic) bond motifs is 1. The SMILES string of the molecule is CO[C@@H]1c2ccccc2C[C@H]1NC(=O)[C@@H](NC(=O)OC(C)(C)C)c1ccc(F)cc1. The van der Waals surface area contributed by atoms with E-state index in [0.29, 0.717) is 12.0 Å². The molecule has 160 valence electrons. The summed E-state index contributed by atoms with van der Waals surface area (Å²) in [6.45, 7) is 5.20. The molecule has 3 rings (SSSR count). The van der Waals surface area contributed by atoms with Crippen molar-refractivity contribution >= 4 is 12.0 Å². The molecule has 30 heavy (non-hydrogen) atoms. The van der Waals surface area contributed by atoms with Gasteiger partial charge < -0.3 is 20.1 Å². The average Bonchev–Trinajstić information content (AvgIpc) is 3.02. The van der Waals surface area contributed by atoms with E-state index in [9.17, 15) is 14.0 Å². The summed E-state index contributed by atoms with van der Waals surface area (Å²) in [5.41, 5.74) is 1.86. The molecule has 0 unspecified atom stereocenters. The van der Waals surface area contributed by atoms with Crippen molar-refractivity contribution < 1.29 is 23.5 Å². The molecule has 0 fully saturated rings. The zero-order valence-electron chi connectivity index (χ0n) is 17.6. The smallest absolute Gasteiger partial charge is 0.408 e. The second kappa shape index (κ2) is 8.83. The molecule has 1 aliphatic carbocycles. The Balaban J connectivity index is 1.80. The van der Waals surface area contributed by atoms with Gasteiger partial charge in [0.1, 0.15) is 23.6 Å². The standard InChI is InChI=1S/C23H27FN2O4/c1-23(2,3)30-22(28)26-19(14-9-11-16(24)12-10-14)21(27)25-18-13-15-7-5-6-8-17(15)20(18)29-4/h5-12,18-20H,13H2,1-4H3,(H,25,27)(H,26,28)/t18-,19+,20-/m1/s1. The molecule has 3 atom stereocenters. The zero-order valence-corrected chi connectivity index (χ0v) is 17.6. The van der Waals surface area contributed by atoms with Crippen LogP contribution in [0.4, 0.5) is 9.18 Å². The Kier molecular flexibility index (Phi) is 6.41. The van der Waals surface area contributed by atoms with Crippen LogP contribution in [-0.4, -0.2) is 30.8 Å². The van der Waals surface area contributed by atoms with Gasteiger partial charge in [-0.05, 0) is 56.0 Å². The molecule has 0 saturated carbocycles. The minimum absolute atomic E-state index is 0.289. The molecule has 0 spiro atoms. The van der Waals surface area contributed by atoms with Crippen LogP contribution in [0.25, 0.3) is 0 Å². The third kappa shape index (κ3) is 5.16. The van der Waals surface area contributed by atoms with E-state index in [4.69, 9.17) is 9.47 Å². The Hall–Kier alpha value is -2.93. The minimum atomic E-state index is -1.04. The highest BCUT2D eigenvalue weighted by Gasteiger charge is 2.35. The van der Waals surface area contributed by atoms with Gasteiger partial charge in [-0.25, -0.2) is 9.18 Å². The highest BCUT2D eigenvalue weighted by molar-refractivity contribution is 5.87. The lowest BCUT2D eigenvalue weighted by Gasteiger charge is -2.26. The van der Waals surface area contributed by atoms with Crippen molar-refractivity contribution in [2.24, 2.45) is 0 Å². The molecule has 2 amide bonds. The van der Waals surface area contributed by atoms with Crippen LogP contribution in [0.3, 0.4) is 0 Å². The lowest BCUT2D eigenvalue weighted by molar-refractivity contribution is -0.125. The topological polar surface area (TPSA) is 76.7 Å². The highest BCUT2D eigenvalue weighted by atomic mass is 19.1. The van der Waals surface area contributed by atoms with Crippen molar-refractivity contribution in [3.05, 3.63) is 71.0 Å². The summed E-state index contributed by atoms with van der Waals surface area (Å²) in [5.74, 6) is -0.854. The summed E-state index contributed by atoms with van der Waals surface area (Å²) in [4.78, 5) is 25.5. The molecule has 0 aromatic heterocycles. The first-order valence-electron chi connectivity index (χ1n) is 9.84. The van der Waals surface area contributed by atoms with Crippen molar-refractivity contribution in [2.45, 2.75) is 51.0 Å². The van der Waals surface area contributed by atoms with Gasteiger partial charge in [0.25, 0.3) is 0 Å². The summed E-state index contributed by atoms with van der Waals surface area (Å²) < 4.78 is 24.3. The number of carbonyl (C=O) groups is 2. The van der Waals surface area contributed by atoms with Crippen LogP contribution in [0.15, 0.2) is 48.5 Å². The van der Waals surface area contributed by atoms with Gasteiger partial charge in [0.15, 0.2) is 0 Å². The number of alkyl carbamates (subject to hydrolysis) is 1. The highest BCUT2D eigenvalue weighted by Crippen LogP contribution is 2.34. The number of ether oxygens (including phenoxy) is 2. The van der Waals surface area contributed by atoms with Crippen molar-refractivity contribution in [1.82, 2.24) is 10.6 Å². The fourth-order valence-electron chi connectivity index (χ4n) is 3.62. The monoisotopic (exact) mass is 414 g/mol. The van der Waals surface area contributed by atoms with Gasteiger partial charge in [0, 0.05) is 7.11 Å². The second-order valence-electron chi connectivity index (χ2n) is 8.31. The van der Waals surface area contributed by atoms with Gasteiger partial charge in [-0.3, -0.25) is 4.79 Å². The second-order valence-corrected chi connectivity index (χ2v) is 8.31. The fourth-order valence-corrected chi connectivity index (χ4v) is 3.62. The number of carbonyl (C=O) groups excluding carboxylic acids is 2. The first-order chi connectivity index (χ1) is 14.2. The van der Waals surface area contributed by atoms with E-state index >= 15 is 0 Å². The summed E-state index contributed by atoms with van der Waals surface area (Å²) >= 11 is 0. The summed E-state index contributed by atoms with van der Waals surface area (Å²) in [7, 11) is 1.60. The van der Waals surface area contributed by atoms with Crippen LogP contribution in [0.2, 0.25) is 0 Å². The largest absolute Gasteiger partial charge is 0.444 e. The normalized spacial score (nSPS) is 19.0. The molecule has 0 saturated heterocycles. The van der Waals surface area contributed by atoms with E-state index in [-0.39, 0.29) is 12.1 Å².